The summed E-state index contributed by atoms with van der Waals surface area (Å²) in [5.41, 5.74) is -15.9. The van der Waals surface area contributed by atoms with Crippen molar-refractivity contribution in [2.75, 3.05) is 0 Å². The third kappa shape index (κ3) is 6.75. The summed E-state index contributed by atoms with van der Waals surface area (Å²) in [5.74, 6) is -17.3. The summed E-state index contributed by atoms with van der Waals surface area (Å²) in [6, 6.07) is 19.2. The van der Waals surface area contributed by atoms with Gasteiger partial charge in [0.1, 0.15) is 11.6 Å². The minimum Gasteiger partial charge on any atom is -0.205 e. The second-order valence-corrected chi connectivity index (χ2v) is 12.8. The van der Waals surface area contributed by atoms with Crippen molar-refractivity contribution in [3.63, 3.8) is 0 Å². The van der Waals surface area contributed by atoms with Crippen LogP contribution < -0.4 is 0 Å². The van der Waals surface area contributed by atoms with Crippen molar-refractivity contribution >= 4 is 0 Å². The zero-order chi connectivity index (χ0) is 41.8. The Morgan fingerprint density at radius 2 is 0.552 bits per heavy atom. The van der Waals surface area contributed by atoms with Gasteiger partial charge in [-0.05, 0) is 68.8 Å². The van der Waals surface area contributed by atoms with Gasteiger partial charge in [0.05, 0.1) is 33.4 Å². The fourth-order valence-corrected chi connectivity index (χ4v) is 6.85. The van der Waals surface area contributed by atoms with Crippen LogP contribution in [0.15, 0.2) is 121 Å². The van der Waals surface area contributed by atoms with E-state index in [9.17, 15) is 26.3 Å². The van der Waals surface area contributed by atoms with Gasteiger partial charge < -0.3 is 0 Å². The van der Waals surface area contributed by atoms with Gasteiger partial charge in [0.25, 0.3) is 0 Å². The standard InChI is InChI=1S/C44H20F14/c45-35-31(21-11-3-1-4-12-21)37(47)41(51)39(49)33(35)27-19-26(24-16-8-10-18-30(24)44(56,57)58)28(20-25(27)23-15-7-9-17-29(23)43(53,54)55)34-36(46)32(22-13-5-2-6-14-22)38(48)42(52)40(34)50/h1-20H. The van der Waals surface area contributed by atoms with Crippen LogP contribution in [0.5, 0.6) is 0 Å². The monoisotopic (exact) mass is 814 g/mol. The number of benzene rings is 7. The van der Waals surface area contributed by atoms with Gasteiger partial charge in [-0.1, -0.05) is 97.1 Å². The Balaban J connectivity index is 1.75. The third-order valence-corrected chi connectivity index (χ3v) is 9.39. The quantitative estimate of drug-likeness (QED) is 0.0891. The number of alkyl halides is 6. The van der Waals surface area contributed by atoms with Gasteiger partial charge in [-0.25, -0.2) is 35.1 Å². The molecule has 7 aromatic rings. The minimum atomic E-state index is -5.30. The van der Waals surface area contributed by atoms with Gasteiger partial charge in [0, 0.05) is 0 Å². The fraction of sp³-hybridized carbons (Fsp3) is 0.0455. The molecule has 0 radical (unpaired) electrons. The van der Waals surface area contributed by atoms with E-state index in [0.29, 0.717) is 24.3 Å². The lowest BCUT2D eigenvalue weighted by Gasteiger charge is -2.24. The second kappa shape index (κ2) is 14.8. The molecule has 0 amide bonds. The third-order valence-electron chi connectivity index (χ3n) is 9.39. The van der Waals surface area contributed by atoms with E-state index in [1.54, 1.807) is 0 Å². The Hall–Kier alpha value is -6.44. The van der Waals surface area contributed by atoms with Crippen LogP contribution in [0.2, 0.25) is 0 Å². The molecule has 0 spiro atoms. The number of hydrogen-bond donors (Lipinski definition) is 0. The first-order chi connectivity index (χ1) is 27.4. The number of halogens is 14. The lowest BCUT2D eigenvalue weighted by Crippen LogP contribution is -2.10. The fourth-order valence-electron chi connectivity index (χ4n) is 6.85. The first-order valence-corrected chi connectivity index (χ1v) is 16.8. The summed E-state index contributed by atoms with van der Waals surface area (Å²) in [6.45, 7) is 0. The van der Waals surface area contributed by atoms with Crippen LogP contribution in [0.4, 0.5) is 61.5 Å². The molecule has 0 bridgehead atoms. The molecule has 0 aliphatic heterocycles. The molecular weight excluding hydrogens is 794 g/mol. The first-order valence-electron chi connectivity index (χ1n) is 16.8. The summed E-state index contributed by atoms with van der Waals surface area (Å²) >= 11 is 0. The molecule has 294 valence electrons. The molecule has 0 atom stereocenters. The van der Waals surface area contributed by atoms with E-state index in [4.69, 9.17) is 0 Å². The van der Waals surface area contributed by atoms with E-state index in [0.717, 1.165) is 60.7 Å². The SMILES string of the molecule is Fc1c(F)c(-c2ccccc2)c(F)c(-c2cc(-c3ccccc3C(F)(F)F)c(-c3c(F)c(F)c(F)c(-c4ccccc4)c3F)cc2-c2ccccc2C(F)(F)F)c1F. The average Bonchev–Trinajstić information content (AvgIpc) is 3.20. The molecule has 0 aromatic heterocycles. The number of hydrogen-bond acceptors (Lipinski definition) is 0. The lowest BCUT2D eigenvalue weighted by atomic mass is 9.82. The zero-order valence-corrected chi connectivity index (χ0v) is 28.8. The van der Waals surface area contributed by atoms with Crippen molar-refractivity contribution in [3.8, 4) is 66.8 Å². The van der Waals surface area contributed by atoms with Gasteiger partial charge in [0.15, 0.2) is 34.9 Å². The maximum Gasteiger partial charge on any atom is 0.417 e. The first kappa shape index (κ1) is 39.8. The molecule has 0 unspecified atom stereocenters. The van der Waals surface area contributed by atoms with Crippen molar-refractivity contribution in [2.24, 2.45) is 0 Å². The van der Waals surface area contributed by atoms with Crippen LogP contribution >= 0.6 is 0 Å². The number of rotatable bonds is 6. The predicted molar refractivity (Wildman–Crippen MR) is 189 cm³/mol. The van der Waals surface area contributed by atoms with Crippen molar-refractivity contribution in [1.82, 2.24) is 0 Å². The van der Waals surface area contributed by atoms with E-state index in [1.807, 2.05) is 0 Å². The van der Waals surface area contributed by atoms with E-state index in [2.05, 4.69) is 0 Å². The van der Waals surface area contributed by atoms with Gasteiger partial charge >= 0.3 is 12.4 Å². The Morgan fingerprint density at radius 3 is 0.879 bits per heavy atom. The molecule has 0 heterocycles. The molecule has 7 aromatic carbocycles. The molecule has 0 aliphatic carbocycles. The van der Waals surface area contributed by atoms with Gasteiger partial charge in [-0.15, -0.1) is 0 Å². The highest BCUT2D eigenvalue weighted by Gasteiger charge is 2.39. The van der Waals surface area contributed by atoms with Crippen LogP contribution in [0.3, 0.4) is 0 Å². The Bertz CT molecular complexity index is 2530. The van der Waals surface area contributed by atoms with Crippen molar-refractivity contribution < 1.29 is 61.5 Å². The molecule has 7 rings (SSSR count). The van der Waals surface area contributed by atoms with Crippen molar-refractivity contribution in [3.05, 3.63) is 179 Å². The molecule has 0 fully saturated rings. The maximum atomic E-state index is 16.8. The Kier molecular flexibility index (Phi) is 10.2. The van der Waals surface area contributed by atoms with E-state index in [1.165, 1.54) is 36.4 Å². The van der Waals surface area contributed by atoms with Crippen LogP contribution in [-0.2, 0) is 12.4 Å². The van der Waals surface area contributed by atoms with Crippen LogP contribution in [0.25, 0.3) is 66.8 Å². The van der Waals surface area contributed by atoms with E-state index in [-0.39, 0.29) is 0 Å². The molecule has 0 nitrogen and oxygen atoms in total. The van der Waals surface area contributed by atoms with Crippen LogP contribution in [-0.4, -0.2) is 0 Å². The van der Waals surface area contributed by atoms with E-state index >= 15 is 35.1 Å². The minimum absolute atomic E-state index is 0.395. The highest BCUT2D eigenvalue weighted by molar-refractivity contribution is 5.98. The largest absolute Gasteiger partial charge is 0.417 e. The zero-order valence-electron chi connectivity index (χ0n) is 28.8. The topological polar surface area (TPSA) is 0 Å². The normalized spacial score (nSPS) is 12.0. The maximum absolute atomic E-state index is 16.8. The molecule has 0 saturated carbocycles. The van der Waals surface area contributed by atoms with Gasteiger partial charge in [-0.2, -0.15) is 26.3 Å². The Morgan fingerprint density at radius 1 is 0.259 bits per heavy atom. The van der Waals surface area contributed by atoms with Crippen LogP contribution in [0.1, 0.15) is 11.1 Å². The molecule has 14 heteroatoms. The summed E-state index contributed by atoms with van der Waals surface area (Å²) in [7, 11) is 0. The highest BCUT2D eigenvalue weighted by atomic mass is 19.4. The smallest absolute Gasteiger partial charge is 0.205 e. The molecular formula is C44H20F14. The molecule has 0 N–H and O–H groups in total. The van der Waals surface area contributed by atoms with Crippen molar-refractivity contribution in [1.29, 1.82) is 0 Å². The molecule has 0 aliphatic rings. The lowest BCUT2D eigenvalue weighted by molar-refractivity contribution is -0.137. The summed E-state index contributed by atoms with van der Waals surface area (Å²) < 4.78 is 216. The van der Waals surface area contributed by atoms with Gasteiger partial charge in [-0.3, -0.25) is 0 Å². The summed E-state index contributed by atoms with van der Waals surface area (Å²) in [5, 5.41) is 0. The Labute approximate surface area is 319 Å². The van der Waals surface area contributed by atoms with E-state index < -0.39 is 137 Å². The highest BCUT2D eigenvalue weighted by Crippen LogP contribution is 2.51. The van der Waals surface area contributed by atoms with Gasteiger partial charge in [0.2, 0.25) is 0 Å². The molecule has 0 saturated heterocycles. The average molecular weight is 815 g/mol. The summed E-state index contributed by atoms with van der Waals surface area (Å²) in [6.07, 6.45) is -10.6. The van der Waals surface area contributed by atoms with Crippen molar-refractivity contribution in [2.45, 2.75) is 12.4 Å². The summed E-state index contributed by atoms with van der Waals surface area (Å²) in [4.78, 5) is 0. The van der Waals surface area contributed by atoms with Crippen LogP contribution in [0, 0.1) is 46.5 Å². The predicted octanol–water partition coefficient (Wildman–Crippen LogP) is 14.8. The molecule has 58 heavy (non-hydrogen) atoms. The second-order valence-electron chi connectivity index (χ2n) is 12.8.